The highest BCUT2D eigenvalue weighted by molar-refractivity contribution is 5.82. The molecular weight excluding hydrogens is 222 g/mol. The van der Waals surface area contributed by atoms with Crippen molar-refractivity contribution >= 4 is 12.0 Å². The van der Waals surface area contributed by atoms with Gasteiger partial charge in [0.1, 0.15) is 6.04 Å². The molecule has 0 radical (unpaired) electrons. The third-order valence-electron chi connectivity index (χ3n) is 3.01. The summed E-state index contributed by atoms with van der Waals surface area (Å²) in [4.78, 5) is 24.1. The molecule has 1 aliphatic heterocycles. The Morgan fingerprint density at radius 3 is 2.82 bits per heavy atom. The van der Waals surface area contributed by atoms with Crippen molar-refractivity contribution in [3.8, 4) is 0 Å². The van der Waals surface area contributed by atoms with Crippen LogP contribution in [0.5, 0.6) is 0 Å². The Balaban J connectivity index is 2.43. The van der Waals surface area contributed by atoms with Crippen LogP contribution in [0.25, 0.3) is 0 Å². The fourth-order valence-electron chi connectivity index (χ4n) is 2.04. The normalized spacial score (nSPS) is 22.0. The Hall–Kier alpha value is -1.30. The average molecular weight is 243 g/mol. The van der Waals surface area contributed by atoms with Gasteiger partial charge in [0.25, 0.3) is 0 Å². The maximum Gasteiger partial charge on any atom is 0.325 e. The zero-order valence-corrected chi connectivity index (χ0v) is 10.4. The van der Waals surface area contributed by atoms with E-state index in [9.17, 15) is 9.59 Å². The van der Waals surface area contributed by atoms with E-state index < -0.39 is 12.0 Å². The number of carbonyl (C=O) groups excluding carboxylic acids is 1. The van der Waals surface area contributed by atoms with Gasteiger partial charge in [-0.25, -0.2) is 4.79 Å². The van der Waals surface area contributed by atoms with Gasteiger partial charge >= 0.3 is 12.0 Å². The van der Waals surface area contributed by atoms with E-state index in [1.807, 2.05) is 7.05 Å². The van der Waals surface area contributed by atoms with Gasteiger partial charge in [0, 0.05) is 13.1 Å². The number of nitrogens with one attached hydrogen (secondary N) is 2. The van der Waals surface area contributed by atoms with E-state index in [-0.39, 0.29) is 6.03 Å². The number of likely N-dealkylation sites (tertiary alicyclic amines) is 1. The molecule has 17 heavy (non-hydrogen) atoms. The lowest BCUT2D eigenvalue weighted by Gasteiger charge is -2.33. The fourth-order valence-corrected chi connectivity index (χ4v) is 2.04. The molecule has 1 aliphatic rings. The minimum atomic E-state index is -1.01. The van der Waals surface area contributed by atoms with Crippen molar-refractivity contribution in [2.24, 2.45) is 5.92 Å². The molecule has 3 N–H and O–H groups in total. The number of piperidine rings is 1. The number of nitrogens with zero attached hydrogens (tertiary/aromatic N) is 1. The number of aliphatic carboxylic acids is 1. The van der Waals surface area contributed by atoms with E-state index in [1.54, 1.807) is 4.90 Å². The highest BCUT2D eigenvalue weighted by Crippen LogP contribution is 2.15. The summed E-state index contributed by atoms with van der Waals surface area (Å²) in [6.07, 6.45) is 2.08. The molecule has 1 heterocycles. The van der Waals surface area contributed by atoms with Gasteiger partial charge in [-0.3, -0.25) is 4.79 Å². The SMILES string of the molecule is CNCC1CCCN(C(=O)N[C@H](C)C(=O)O)C1. The van der Waals surface area contributed by atoms with E-state index in [2.05, 4.69) is 10.6 Å². The standard InChI is InChI=1S/C11H21N3O3/c1-8(10(15)16)13-11(17)14-5-3-4-9(7-14)6-12-2/h8-9,12H,3-7H2,1-2H3,(H,13,17)(H,15,16)/t8-,9?/m1/s1. The zero-order chi connectivity index (χ0) is 12.8. The van der Waals surface area contributed by atoms with Crippen LogP contribution < -0.4 is 10.6 Å². The monoisotopic (exact) mass is 243 g/mol. The molecule has 0 saturated carbocycles. The first kappa shape index (κ1) is 13.8. The smallest absolute Gasteiger partial charge is 0.325 e. The lowest BCUT2D eigenvalue weighted by atomic mass is 9.98. The van der Waals surface area contributed by atoms with Crippen LogP contribution >= 0.6 is 0 Å². The van der Waals surface area contributed by atoms with Crippen LogP contribution in [0.3, 0.4) is 0 Å². The molecule has 2 amide bonds. The van der Waals surface area contributed by atoms with Crippen LogP contribution in [0.15, 0.2) is 0 Å². The molecule has 2 atom stereocenters. The van der Waals surface area contributed by atoms with Crippen LogP contribution in [0.1, 0.15) is 19.8 Å². The number of amides is 2. The number of carboxylic acid groups (broad SMARTS) is 1. The predicted octanol–water partition coefficient (Wildman–Crippen LogP) is 0.101. The first-order valence-electron chi connectivity index (χ1n) is 5.97. The lowest BCUT2D eigenvalue weighted by Crippen LogP contribution is -2.50. The number of urea groups is 1. The van der Waals surface area contributed by atoms with Crippen LogP contribution in [-0.2, 0) is 4.79 Å². The number of rotatable bonds is 4. The minimum absolute atomic E-state index is 0.277. The summed E-state index contributed by atoms with van der Waals surface area (Å²) in [7, 11) is 1.89. The molecule has 1 rings (SSSR count). The summed E-state index contributed by atoms with van der Waals surface area (Å²) < 4.78 is 0. The molecule has 0 aliphatic carbocycles. The highest BCUT2D eigenvalue weighted by atomic mass is 16.4. The van der Waals surface area contributed by atoms with E-state index in [0.29, 0.717) is 19.0 Å². The van der Waals surface area contributed by atoms with Crippen LogP contribution in [0, 0.1) is 5.92 Å². The highest BCUT2D eigenvalue weighted by Gasteiger charge is 2.25. The number of carbonyl (C=O) groups is 2. The van der Waals surface area contributed by atoms with Crippen molar-refractivity contribution in [2.75, 3.05) is 26.7 Å². The van der Waals surface area contributed by atoms with Gasteiger partial charge in [-0.2, -0.15) is 0 Å². The quantitative estimate of drug-likeness (QED) is 0.654. The molecule has 1 saturated heterocycles. The van der Waals surface area contributed by atoms with E-state index >= 15 is 0 Å². The van der Waals surface area contributed by atoms with E-state index in [0.717, 1.165) is 19.4 Å². The first-order chi connectivity index (χ1) is 8.04. The molecule has 0 aromatic heterocycles. The average Bonchev–Trinajstić information content (AvgIpc) is 2.29. The first-order valence-corrected chi connectivity index (χ1v) is 5.97. The second kappa shape index (κ2) is 6.44. The second-order valence-electron chi connectivity index (χ2n) is 4.52. The maximum absolute atomic E-state index is 11.8. The fraction of sp³-hybridized carbons (Fsp3) is 0.818. The van der Waals surface area contributed by atoms with Crippen molar-refractivity contribution in [2.45, 2.75) is 25.8 Å². The van der Waals surface area contributed by atoms with Gasteiger partial charge < -0.3 is 20.6 Å². The Labute approximate surface area is 101 Å². The summed E-state index contributed by atoms with van der Waals surface area (Å²) in [5, 5.41) is 14.3. The summed E-state index contributed by atoms with van der Waals surface area (Å²) in [5.74, 6) is -0.554. The summed E-state index contributed by atoms with van der Waals surface area (Å²) in [6, 6.07) is -1.12. The Morgan fingerprint density at radius 1 is 1.53 bits per heavy atom. The van der Waals surface area contributed by atoms with Crippen molar-refractivity contribution < 1.29 is 14.7 Å². The third-order valence-corrected chi connectivity index (χ3v) is 3.01. The molecule has 98 valence electrons. The van der Waals surface area contributed by atoms with Crippen LogP contribution in [-0.4, -0.2) is 54.7 Å². The summed E-state index contributed by atoms with van der Waals surface area (Å²) in [6.45, 7) is 3.75. The van der Waals surface area contributed by atoms with Gasteiger partial charge in [0.2, 0.25) is 0 Å². The summed E-state index contributed by atoms with van der Waals surface area (Å²) >= 11 is 0. The van der Waals surface area contributed by atoms with E-state index in [4.69, 9.17) is 5.11 Å². The number of carboxylic acids is 1. The topological polar surface area (TPSA) is 81.7 Å². The molecule has 6 nitrogen and oxygen atoms in total. The van der Waals surface area contributed by atoms with Crippen LogP contribution in [0.4, 0.5) is 4.79 Å². The lowest BCUT2D eigenvalue weighted by molar-refractivity contribution is -0.138. The van der Waals surface area contributed by atoms with Crippen LogP contribution in [0.2, 0.25) is 0 Å². The molecule has 0 aromatic rings. The maximum atomic E-state index is 11.8. The molecule has 1 unspecified atom stereocenters. The van der Waals surface area contributed by atoms with Crippen molar-refractivity contribution in [3.05, 3.63) is 0 Å². The van der Waals surface area contributed by atoms with Gasteiger partial charge in [0.05, 0.1) is 0 Å². The van der Waals surface area contributed by atoms with Gasteiger partial charge in [0.15, 0.2) is 0 Å². The summed E-state index contributed by atoms with van der Waals surface area (Å²) in [5.41, 5.74) is 0. The Bertz CT molecular complexity index is 281. The van der Waals surface area contributed by atoms with E-state index in [1.165, 1.54) is 6.92 Å². The molecule has 0 spiro atoms. The van der Waals surface area contributed by atoms with Crippen molar-refractivity contribution in [1.29, 1.82) is 0 Å². The molecule has 1 fully saturated rings. The minimum Gasteiger partial charge on any atom is -0.480 e. The Morgan fingerprint density at radius 2 is 2.24 bits per heavy atom. The number of hydrogen-bond donors (Lipinski definition) is 3. The largest absolute Gasteiger partial charge is 0.480 e. The molecule has 6 heteroatoms. The zero-order valence-electron chi connectivity index (χ0n) is 10.4. The molecular formula is C11H21N3O3. The second-order valence-corrected chi connectivity index (χ2v) is 4.52. The van der Waals surface area contributed by atoms with Gasteiger partial charge in [-0.1, -0.05) is 0 Å². The molecule has 0 aromatic carbocycles. The van der Waals surface area contributed by atoms with Gasteiger partial charge in [-0.05, 0) is 39.3 Å². The molecule has 0 bridgehead atoms. The Kier molecular flexibility index (Phi) is 5.21. The van der Waals surface area contributed by atoms with Crippen molar-refractivity contribution in [3.63, 3.8) is 0 Å². The number of hydrogen-bond acceptors (Lipinski definition) is 3. The third kappa shape index (κ3) is 4.22. The van der Waals surface area contributed by atoms with Crippen molar-refractivity contribution in [1.82, 2.24) is 15.5 Å². The predicted molar refractivity (Wildman–Crippen MR) is 63.9 cm³/mol. The van der Waals surface area contributed by atoms with Gasteiger partial charge in [-0.15, -0.1) is 0 Å².